The Morgan fingerprint density at radius 3 is 1.91 bits per heavy atom. The van der Waals surface area contributed by atoms with Crippen LogP contribution in [0.4, 0.5) is 5.69 Å². The van der Waals surface area contributed by atoms with Crippen LogP contribution in [0.3, 0.4) is 0 Å². The Kier molecular flexibility index (Phi) is 5.86. The van der Waals surface area contributed by atoms with E-state index in [4.69, 9.17) is 9.84 Å². The maximum Gasteiger partial charge on any atom is 0.254 e. The first-order valence-corrected chi connectivity index (χ1v) is 16.4. The van der Waals surface area contributed by atoms with Crippen LogP contribution >= 0.6 is 0 Å². The molecule has 1 saturated carbocycles. The van der Waals surface area contributed by atoms with Crippen LogP contribution in [0.1, 0.15) is 54.4 Å². The highest BCUT2D eigenvalue weighted by atomic mass is 16.5. The molecule has 2 saturated heterocycles. The molecular formula is C38H33N3O5. The summed E-state index contributed by atoms with van der Waals surface area (Å²) in [4.78, 5) is 58.1. The van der Waals surface area contributed by atoms with Crippen LogP contribution in [0, 0.1) is 35.5 Å². The Balaban J connectivity index is 1.19. The number of carbonyl (C=O) groups excluding carboxylic acids is 4. The fraction of sp³-hybridized carbons (Fsp3) is 0.342. The molecule has 0 spiro atoms. The first-order valence-electron chi connectivity index (χ1n) is 16.4. The van der Waals surface area contributed by atoms with Crippen molar-refractivity contribution in [3.63, 3.8) is 0 Å². The smallest absolute Gasteiger partial charge is 0.254 e. The summed E-state index contributed by atoms with van der Waals surface area (Å²) >= 11 is 0. The quantitative estimate of drug-likeness (QED) is 0.217. The topological polar surface area (TPSA) is 96.3 Å². The van der Waals surface area contributed by atoms with E-state index < -0.39 is 29.1 Å². The number of allylic oxidation sites excluding steroid dienone is 2. The molecule has 8 heteroatoms. The van der Waals surface area contributed by atoms with Gasteiger partial charge in [-0.25, -0.2) is 4.90 Å². The fourth-order valence-corrected chi connectivity index (χ4v) is 9.54. The Hall–Kier alpha value is -4.85. The number of imide groups is 2. The van der Waals surface area contributed by atoms with E-state index in [2.05, 4.69) is 12.2 Å². The van der Waals surface area contributed by atoms with Crippen LogP contribution in [-0.2, 0) is 24.6 Å². The van der Waals surface area contributed by atoms with E-state index in [9.17, 15) is 19.2 Å². The number of hydrogen-bond acceptors (Lipinski definition) is 6. The molecule has 3 aromatic rings. The minimum Gasteiger partial charge on any atom is -0.494 e. The van der Waals surface area contributed by atoms with Crippen molar-refractivity contribution in [2.45, 2.75) is 37.5 Å². The summed E-state index contributed by atoms with van der Waals surface area (Å²) in [6.45, 7) is 2.61. The Morgan fingerprint density at radius 1 is 0.761 bits per heavy atom. The van der Waals surface area contributed by atoms with Crippen molar-refractivity contribution < 1.29 is 23.9 Å². The number of anilines is 1. The van der Waals surface area contributed by atoms with E-state index in [0.29, 0.717) is 18.0 Å². The summed E-state index contributed by atoms with van der Waals surface area (Å²) in [6, 6.07) is 22.9. The summed E-state index contributed by atoms with van der Waals surface area (Å²) in [6.07, 6.45) is 8.49. The number of benzene rings is 3. The van der Waals surface area contributed by atoms with Crippen molar-refractivity contribution in [1.29, 1.82) is 0 Å². The minimum atomic E-state index is -1.16. The monoisotopic (exact) mass is 611 g/mol. The molecule has 3 aromatic carbocycles. The summed E-state index contributed by atoms with van der Waals surface area (Å²) < 4.78 is 5.75. The molecule has 0 aromatic heterocycles. The summed E-state index contributed by atoms with van der Waals surface area (Å²) in [5.74, 6) is -2.94. The SMILES string of the molecule is CCCOc1ccc(N2C(=O)[C@@H]3C4c5ccccc5C(/C=N\N5C(=O)[C@@H]6[C@H](C5=O)[C@H]5C=C[C@H]6CC5)(c5ccccc54)[C@@H]3C2=O)cc1. The number of hydrazone groups is 1. The summed E-state index contributed by atoms with van der Waals surface area (Å²) in [7, 11) is 0. The highest BCUT2D eigenvalue weighted by Crippen LogP contribution is 2.64. The molecule has 8 aliphatic rings. The van der Waals surface area contributed by atoms with Crippen LogP contribution in [0.15, 0.2) is 90.0 Å². The molecule has 11 rings (SSSR count). The fourth-order valence-electron chi connectivity index (χ4n) is 9.54. The molecule has 230 valence electrons. The van der Waals surface area contributed by atoms with Crippen molar-refractivity contribution >= 4 is 35.5 Å². The van der Waals surface area contributed by atoms with E-state index in [1.54, 1.807) is 30.5 Å². The van der Waals surface area contributed by atoms with Gasteiger partial charge in [0.25, 0.3) is 11.8 Å². The van der Waals surface area contributed by atoms with Gasteiger partial charge in [0.15, 0.2) is 0 Å². The second kappa shape index (κ2) is 9.82. The standard InChI is InChI=1S/C38H33N3O5/c1-2-19-46-24-17-15-23(16-18-24)40-34(42)32-31-25-7-3-5-9-27(25)38(33(32)37(40)45,28-10-6-4-8-26(28)31)20-39-41-35(43)29-21-11-12-22(14-13-21)30(29)36(41)44/h3-12,15-18,20-22,29-33H,2,13-14,19H2,1H3/b39-20-/t21-,22-,29-,30+,31?,32+,33-,38?/m0/s1. The molecule has 46 heavy (non-hydrogen) atoms. The van der Waals surface area contributed by atoms with E-state index in [0.717, 1.165) is 46.5 Å². The number of rotatable bonds is 6. The van der Waals surface area contributed by atoms with Crippen LogP contribution in [0.5, 0.6) is 5.75 Å². The Bertz CT molecular complexity index is 1820. The van der Waals surface area contributed by atoms with Gasteiger partial charge in [0.05, 0.1) is 41.4 Å². The molecule has 8 nitrogen and oxygen atoms in total. The number of carbonyl (C=O) groups is 4. The third kappa shape index (κ3) is 3.42. The molecule has 2 heterocycles. The van der Waals surface area contributed by atoms with Gasteiger partial charge in [-0.2, -0.15) is 10.1 Å². The molecule has 4 bridgehead atoms. The Labute approximate surface area is 266 Å². The van der Waals surface area contributed by atoms with Gasteiger partial charge < -0.3 is 4.74 Å². The van der Waals surface area contributed by atoms with Crippen molar-refractivity contribution in [2.24, 2.45) is 40.6 Å². The average Bonchev–Trinajstić information content (AvgIpc) is 3.53. The third-order valence-corrected chi connectivity index (χ3v) is 11.4. The van der Waals surface area contributed by atoms with Crippen LogP contribution in [0.25, 0.3) is 0 Å². The van der Waals surface area contributed by atoms with Gasteiger partial charge in [0.1, 0.15) is 5.75 Å². The predicted molar refractivity (Wildman–Crippen MR) is 170 cm³/mol. The van der Waals surface area contributed by atoms with Crippen molar-refractivity contribution in [3.8, 4) is 5.75 Å². The van der Waals surface area contributed by atoms with Gasteiger partial charge in [-0.1, -0.05) is 67.6 Å². The predicted octanol–water partition coefficient (Wildman–Crippen LogP) is 5.21. The molecule has 3 fully saturated rings. The van der Waals surface area contributed by atoms with Crippen LogP contribution in [0.2, 0.25) is 0 Å². The van der Waals surface area contributed by atoms with E-state index in [1.165, 1.54) is 4.90 Å². The number of ether oxygens (including phenoxy) is 1. The maximum absolute atomic E-state index is 14.7. The molecule has 4 amide bonds. The van der Waals surface area contributed by atoms with Gasteiger partial charge in [-0.3, -0.25) is 19.2 Å². The zero-order valence-electron chi connectivity index (χ0n) is 25.4. The zero-order chi connectivity index (χ0) is 31.3. The highest BCUT2D eigenvalue weighted by Gasteiger charge is 2.68. The molecule has 6 atom stereocenters. The second-order valence-electron chi connectivity index (χ2n) is 13.5. The van der Waals surface area contributed by atoms with Crippen molar-refractivity contribution in [2.75, 3.05) is 11.5 Å². The van der Waals surface area contributed by atoms with Gasteiger partial charge in [-0.15, -0.1) is 0 Å². The van der Waals surface area contributed by atoms with Crippen molar-refractivity contribution in [3.05, 3.63) is 107 Å². The summed E-state index contributed by atoms with van der Waals surface area (Å²) in [5.41, 5.74) is 3.03. The normalized spacial score (nSPS) is 33.1. The van der Waals surface area contributed by atoms with Gasteiger partial charge in [0, 0.05) is 12.1 Å². The lowest BCUT2D eigenvalue weighted by atomic mass is 9.47. The van der Waals surface area contributed by atoms with Crippen LogP contribution in [-0.4, -0.2) is 41.5 Å². The zero-order valence-corrected chi connectivity index (χ0v) is 25.4. The van der Waals surface area contributed by atoms with Gasteiger partial charge >= 0.3 is 0 Å². The molecule has 0 N–H and O–H groups in total. The highest BCUT2D eigenvalue weighted by molar-refractivity contribution is 6.25. The molecule has 6 aliphatic carbocycles. The van der Waals surface area contributed by atoms with Gasteiger partial charge in [0.2, 0.25) is 11.8 Å². The van der Waals surface area contributed by atoms with E-state index in [1.807, 2.05) is 55.5 Å². The number of fused-ring (bicyclic) bond motifs is 1. The van der Waals surface area contributed by atoms with Crippen LogP contribution < -0.4 is 9.64 Å². The second-order valence-corrected chi connectivity index (χ2v) is 13.5. The molecule has 2 aliphatic heterocycles. The molecule has 0 unspecified atom stereocenters. The first-order chi connectivity index (χ1) is 22.5. The Morgan fingerprint density at radius 2 is 1.35 bits per heavy atom. The maximum atomic E-state index is 14.7. The lowest BCUT2D eigenvalue weighted by Gasteiger charge is -2.52. The largest absolute Gasteiger partial charge is 0.494 e. The summed E-state index contributed by atoms with van der Waals surface area (Å²) in [5, 5.41) is 5.80. The lowest BCUT2D eigenvalue weighted by molar-refractivity contribution is -0.140. The molecular weight excluding hydrogens is 578 g/mol. The lowest BCUT2D eigenvalue weighted by Crippen LogP contribution is -2.55. The number of nitrogens with zero attached hydrogens (tertiary/aromatic N) is 3. The van der Waals surface area contributed by atoms with Crippen molar-refractivity contribution in [1.82, 2.24) is 5.01 Å². The first kappa shape index (κ1) is 27.5. The third-order valence-electron chi connectivity index (χ3n) is 11.4. The van der Waals surface area contributed by atoms with E-state index >= 15 is 0 Å². The average molecular weight is 612 g/mol. The minimum absolute atomic E-state index is 0.0436. The molecule has 0 radical (unpaired) electrons. The number of amides is 4. The van der Waals surface area contributed by atoms with E-state index in [-0.39, 0.29) is 41.4 Å². The number of hydrogen-bond donors (Lipinski definition) is 0. The van der Waals surface area contributed by atoms with Gasteiger partial charge in [-0.05, 0) is 77.6 Å².